The van der Waals surface area contributed by atoms with Gasteiger partial charge in [-0.2, -0.15) is 0 Å². The molecule has 0 bridgehead atoms. The first-order valence-electron chi connectivity index (χ1n) is 8.14. The van der Waals surface area contributed by atoms with Crippen molar-refractivity contribution in [2.45, 2.75) is 25.7 Å². The number of fused-ring (bicyclic) bond motifs is 1. The summed E-state index contributed by atoms with van der Waals surface area (Å²) < 4.78 is 5.49. The molecule has 5 nitrogen and oxygen atoms in total. The number of nitrogens with one attached hydrogen (secondary N) is 1. The number of halogens is 2. The Balaban J connectivity index is 0.00000225. The Morgan fingerprint density at radius 2 is 2.08 bits per heavy atom. The molecule has 7 heteroatoms. The molecule has 0 saturated heterocycles. The molecule has 0 atom stereocenters. The van der Waals surface area contributed by atoms with Crippen molar-refractivity contribution in [2.24, 2.45) is 10.7 Å². The molecule has 0 radical (unpaired) electrons. The Morgan fingerprint density at radius 3 is 2.88 bits per heavy atom. The fraction of sp³-hybridized carbons (Fsp3) is 0.333. The highest BCUT2D eigenvalue weighted by molar-refractivity contribution is 14.0. The van der Waals surface area contributed by atoms with Crippen LogP contribution in [0.2, 0.25) is 5.02 Å². The molecular formula is C18H22ClIN4O. The average molecular weight is 473 g/mol. The zero-order valence-electron chi connectivity index (χ0n) is 13.9. The number of pyridine rings is 1. The molecule has 134 valence electrons. The number of ether oxygens (including phenoxy) is 1. The topological polar surface area (TPSA) is 72.5 Å². The van der Waals surface area contributed by atoms with Crippen molar-refractivity contribution in [3.05, 3.63) is 52.7 Å². The maximum absolute atomic E-state index is 5.99. The van der Waals surface area contributed by atoms with Crippen molar-refractivity contribution < 1.29 is 4.74 Å². The zero-order chi connectivity index (χ0) is 16.8. The van der Waals surface area contributed by atoms with Crippen LogP contribution >= 0.6 is 35.6 Å². The van der Waals surface area contributed by atoms with Crippen LogP contribution in [0.15, 0.2) is 41.5 Å². The van der Waals surface area contributed by atoms with Crippen LogP contribution in [0, 0.1) is 0 Å². The summed E-state index contributed by atoms with van der Waals surface area (Å²) in [5.74, 6) is 0.930. The normalized spacial score (nSPS) is 13.6. The lowest BCUT2D eigenvalue weighted by Crippen LogP contribution is -2.25. The van der Waals surface area contributed by atoms with E-state index >= 15 is 0 Å². The second-order valence-electron chi connectivity index (χ2n) is 5.71. The fourth-order valence-corrected chi connectivity index (χ4v) is 2.95. The van der Waals surface area contributed by atoms with Gasteiger partial charge in [0, 0.05) is 18.0 Å². The van der Waals surface area contributed by atoms with E-state index in [1.807, 2.05) is 0 Å². The standard InChI is InChI=1S/C18H21ClN4O.HI/c19-14-8-9-17(22-12-14)24-11-10-21-18(20)23-16-7-3-5-13-4-1-2-6-15(13)16;/h3,5,7-9,12H,1-2,4,6,10-11H2,(H3,20,21,23);1H. The quantitative estimate of drug-likeness (QED) is 0.298. The lowest BCUT2D eigenvalue weighted by atomic mass is 9.90. The van der Waals surface area contributed by atoms with E-state index in [-0.39, 0.29) is 24.0 Å². The van der Waals surface area contributed by atoms with Gasteiger partial charge in [-0.25, -0.2) is 9.98 Å². The van der Waals surface area contributed by atoms with Crippen LogP contribution in [-0.2, 0) is 12.8 Å². The van der Waals surface area contributed by atoms with Gasteiger partial charge in [-0.3, -0.25) is 0 Å². The van der Waals surface area contributed by atoms with Gasteiger partial charge in [0.1, 0.15) is 6.61 Å². The molecule has 0 fully saturated rings. The van der Waals surface area contributed by atoms with E-state index in [0.29, 0.717) is 30.0 Å². The van der Waals surface area contributed by atoms with Gasteiger partial charge in [-0.05, 0) is 48.9 Å². The Kier molecular flexibility index (Phi) is 7.77. The molecule has 1 aromatic heterocycles. The third-order valence-electron chi connectivity index (χ3n) is 3.98. The van der Waals surface area contributed by atoms with E-state index in [1.165, 1.54) is 24.0 Å². The minimum absolute atomic E-state index is 0. The summed E-state index contributed by atoms with van der Waals surface area (Å²) in [5.41, 5.74) is 9.83. The van der Waals surface area contributed by atoms with Crippen molar-refractivity contribution in [3.8, 4) is 5.88 Å². The van der Waals surface area contributed by atoms with Crippen LogP contribution in [0.3, 0.4) is 0 Å². The number of hydrogen-bond donors (Lipinski definition) is 2. The number of benzene rings is 1. The van der Waals surface area contributed by atoms with E-state index in [9.17, 15) is 0 Å². The number of nitrogens with zero attached hydrogens (tertiary/aromatic N) is 2. The Hall–Kier alpha value is -1.54. The molecule has 3 rings (SSSR count). The molecular weight excluding hydrogens is 451 g/mol. The van der Waals surface area contributed by atoms with E-state index in [0.717, 1.165) is 18.5 Å². The summed E-state index contributed by atoms with van der Waals surface area (Å²) in [6, 6.07) is 9.78. The number of hydrogen-bond acceptors (Lipinski definition) is 3. The molecule has 0 aliphatic heterocycles. The van der Waals surface area contributed by atoms with Crippen molar-refractivity contribution in [1.29, 1.82) is 0 Å². The van der Waals surface area contributed by atoms with Gasteiger partial charge in [0.05, 0.1) is 11.6 Å². The van der Waals surface area contributed by atoms with Crippen molar-refractivity contribution >= 4 is 47.2 Å². The van der Waals surface area contributed by atoms with Gasteiger partial charge in [0.15, 0.2) is 5.96 Å². The molecule has 1 heterocycles. The summed E-state index contributed by atoms with van der Waals surface area (Å²) in [4.78, 5) is 8.37. The van der Waals surface area contributed by atoms with Gasteiger partial charge in [-0.15, -0.1) is 24.0 Å². The average Bonchev–Trinajstić information content (AvgIpc) is 2.61. The predicted molar refractivity (Wildman–Crippen MR) is 113 cm³/mol. The first-order chi connectivity index (χ1) is 11.7. The highest BCUT2D eigenvalue weighted by Gasteiger charge is 2.12. The Morgan fingerprint density at radius 1 is 1.24 bits per heavy atom. The number of nitrogens with two attached hydrogens (primary N) is 1. The number of aliphatic imine (C=N–C) groups is 1. The van der Waals surface area contributed by atoms with Crippen LogP contribution in [-0.4, -0.2) is 24.1 Å². The third-order valence-corrected chi connectivity index (χ3v) is 4.21. The summed E-state index contributed by atoms with van der Waals surface area (Å²) in [6.07, 6.45) is 6.27. The van der Waals surface area contributed by atoms with Gasteiger partial charge in [0.2, 0.25) is 5.88 Å². The van der Waals surface area contributed by atoms with E-state index < -0.39 is 0 Å². The number of guanidine groups is 1. The van der Waals surface area contributed by atoms with Crippen molar-refractivity contribution in [3.63, 3.8) is 0 Å². The minimum Gasteiger partial charge on any atom is -0.476 e. The first kappa shape index (κ1) is 19.8. The number of anilines is 1. The summed E-state index contributed by atoms with van der Waals surface area (Å²) in [7, 11) is 0. The second kappa shape index (κ2) is 9.82. The van der Waals surface area contributed by atoms with E-state index in [1.54, 1.807) is 18.3 Å². The van der Waals surface area contributed by atoms with Crippen molar-refractivity contribution in [2.75, 3.05) is 18.5 Å². The molecule has 0 spiro atoms. The van der Waals surface area contributed by atoms with E-state index in [4.69, 9.17) is 22.1 Å². The Labute approximate surface area is 170 Å². The highest BCUT2D eigenvalue weighted by Crippen LogP contribution is 2.27. The maximum Gasteiger partial charge on any atom is 0.213 e. The smallest absolute Gasteiger partial charge is 0.213 e. The van der Waals surface area contributed by atoms with Gasteiger partial charge in [0.25, 0.3) is 0 Å². The monoisotopic (exact) mass is 472 g/mol. The molecule has 0 saturated carbocycles. The molecule has 25 heavy (non-hydrogen) atoms. The molecule has 0 unspecified atom stereocenters. The fourth-order valence-electron chi connectivity index (χ4n) is 2.84. The lowest BCUT2D eigenvalue weighted by Gasteiger charge is -2.19. The summed E-state index contributed by atoms with van der Waals surface area (Å²) >= 11 is 5.78. The second-order valence-corrected chi connectivity index (χ2v) is 6.14. The lowest BCUT2D eigenvalue weighted by molar-refractivity contribution is 0.316. The van der Waals surface area contributed by atoms with Gasteiger partial charge >= 0.3 is 0 Å². The molecule has 1 aromatic carbocycles. The van der Waals surface area contributed by atoms with Gasteiger partial charge < -0.3 is 15.8 Å². The first-order valence-corrected chi connectivity index (χ1v) is 8.52. The van der Waals surface area contributed by atoms with Crippen LogP contribution in [0.5, 0.6) is 5.88 Å². The molecule has 2 aromatic rings. The molecule has 1 aliphatic carbocycles. The number of aryl methyl sites for hydroxylation is 1. The third kappa shape index (κ3) is 5.74. The molecule has 0 amide bonds. The maximum atomic E-state index is 5.99. The summed E-state index contributed by atoms with van der Waals surface area (Å²) in [5, 5.41) is 3.80. The summed E-state index contributed by atoms with van der Waals surface area (Å²) in [6.45, 7) is 0.863. The predicted octanol–water partition coefficient (Wildman–Crippen LogP) is 4.04. The Bertz CT molecular complexity index is 722. The van der Waals surface area contributed by atoms with E-state index in [2.05, 4.69) is 33.5 Å². The van der Waals surface area contributed by atoms with Crippen LogP contribution in [0.1, 0.15) is 24.0 Å². The largest absolute Gasteiger partial charge is 0.476 e. The molecule has 3 N–H and O–H groups in total. The van der Waals surface area contributed by atoms with Crippen LogP contribution in [0.4, 0.5) is 5.69 Å². The zero-order valence-corrected chi connectivity index (χ0v) is 17.0. The van der Waals surface area contributed by atoms with Crippen LogP contribution < -0.4 is 15.8 Å². The number of aromatic nitrogens is 1. The SMILES string of the molecule is I.NC(=NCCOc1ccc(Cl)cn1)Nc1cccc2c1CCCC2. The van der Waals surface area contributed by atoms with Gasteiger partial charge in [-0.1, -0.05) is 23.7 Å². The van der Waals surface area contributed by atoms with Crippen molar-refractivity contribution in [1.82, 2.24) is 4.98 Å². The number of rotatable bonds is 5. The minimum atomic E-state index is 0. The molecule has 1 aliphatic rings. The van der Waals surface area contributed by atoms with Crippen LogP contribution in [0.25, 0.3) is 0 Å². The highest BCUT2D eigenvalue weighted by atomic mass is 127.